The van der Waals surface area contributed by atoms with E-state index in [4.69, 9.17) is 0 Å². The first kappa shape index (κ1) is 17.7. The van der Waals surface area contributed by atoms with Crippen molar-refractivity contribution in [3.05, 3.63) is 76.9 Å². The fourth-order valence-corrected chi connectivity index (χ4v) is 5.03. The molecule has 27 heavy (non-hydrogen) atoms. The first-order valence-electron chi connectivity index (χ1n) is 8.85. The van der Waals surface area contributed by atoms with E-state index in [1.54, 1.807) is 24.3 Å². The average molecular weight is 377 g/mol. The molecule has 0 spiro atoms. The van der Waals surface area contributed by atoms with Gasteiger partial charge in [-0.2, -0.15) is 4.31 Å². The predicted octanol–water partition coefficient (Wildman–Crippen LogP) is 2.94. The number of hydrogen-bond donors (Lipinski definition) is 0. The normalized spacial score (nSPS) is 19.7. The highest BCUT2D eigenvalue weighted by Gasteiger charge is 2.42. The van der Waals surface area contributed by atoms with Crippen LogP contribution in [-0.2, 0) is 14.8 Å². The van der Waals surface area contributed by atoms with E-state index in [1.165, 1.54) is 4.31 Å². The van der Waals surface area contributed by atoms with Crippen molar-refractivity contribution in [1.29, 1.82) is 0 Å². The Hall–Kier alpha value is -2.68. The van der Waals surface area contributed by atoms with Gasteiger partial charge in [0.25, 0.3) is 0 Å². The molecular formula is C22H19NO3S. The molecule has 1 unspecified atom stereocenters. The Labute approximate surface area is 159 Å². The molecule has 1 atom stereocenters. The molecule has 0 bridgehead atoms. The minimum Gasteiger partial charge on any atom is -0.293 e. The Morgan fingerprint density at radius 3 is 2.41 bits per heavy atom. The van der Waals surface area contributed by atoms with Crippen molar-refractivity contribution in [3.8, 4) is 11.8 Å². The Bertz CT molecular complexity index is 1090. The minimum atomic E-state index is -3.57. The zero-order valence-electron chi connectivity index (χ0n) is 15.0. The summed E-state index contributed by atoms with van der Waals surface area (Å²) in [7, 11) is -3.57. The zero-order valence-corrected chi connectivity index (χ0v) is 15.8. The van der Waals surface area contributed by atoms with E-state index in [-0.39, 0.29) is 23.1 Å². The molecule has 0 aromatic heterocycles. The van der Waals surface area contributed by atoms with Crippen molar-refractivity contribution in [3.63, 3.8) is 0 Å². The maximum absolute atomic E-state index is 12.9. The fraction of sp³-hybridized carbons (Fsp3) is 0.227. The molecule has 2 aliphatic rings. The monoisotopic (exact) mass is 377 g/mol. The molecular weight excluding hydrogens is 358 g/mol. The van der Waals surface area contributed by atoms with Gasteiger partial charge >= 0.3 is 0 Å². The Balaban J connectivity index is 1.64. The topological polar surface area (TPSA) is 54.5 Å². The smallest absolute Gasteiger partial charge is 0.243 e. The molecule has 4 rings (SSSR count). The van der Waals surface area contributed by atoms with Gasteiger partial charge in [-0.3, -0.25) is 4.79 Å². The van der Waals surface area contributed by atoms with Crippen LogP contribution in [0.15, 0.2) is 70.6 Å². The second-order valence-electron chi connectivity index (χ2n) is 6.95. The van der Waals surface area contributed by atoms with Crippen LogP contribution in [0, 0.1) is 24.7 Å². The van der Waals surface area contributed by atoms with Gasteiger partial charge in [0.2, 0.25) is 10.0 Å². The number of ketones is 1. The molecule has 1 heterocycles. The molecule has 0 saturated carbocycles. The molecule has 5 heteroatoms. The highest BCUT2D eigenvalue weighted by atomic mass is 32.2. The number of benzene rings is 2. The van der Waals surface area contributed by atoms with E-state index in [1.807, 2.05) is 37.3 Å². The van der Waals surface area contributed by atoms with Gasteiger partial charge in [-0.15, -0.1) is 0 Å². The number of carbonyl (C=O) groups excluding carboxylic acids is 1. The van der Waals surface area contributed by atoms with Gasteiger partial charge in [0.1, 0.15) is 0 Å². The van der Waals surface area contributed by atoms with E-state index in [2.05, 4.69) is 11.8 Å². The molecule has 1 aliphatic carbocycles. The van der Waals surface area contributed by atoms with Gasteiger partial charge in [0, 0.05) is 31.0 Å². The second kappa shape index (κ2) is 6.80. The van der Waals surface area contributed by atoms with Crippen molar-refractivity contribution in [2.24, 2.45) is 5.92 Å². The highest BCUT2D eigenvalue weighted by molar-refractivity contribution is 7.89. The third kappa shape index (κ3) is 3.34. The number of aryl methyl sites for hydroxylation is 1. The molecule has 0 radical (unpaired) electrons. The summed E-state index contributed by atoms with van der Waals surface area (Å²) >= 11 is 0. The summed E-state index contributed by atoms with van der Waals surface area (Å²) in [6.07, 6.45) is 0.341. The number of fused-ring (bicyclic) bond motifs is 1. The third-order valence-corrected chi connectivity index (χ3v) is 6.89. The molecule has 4 nitrogen and oxygen atoms in total. The minimum absolute atomic E-state index is 0.0193. The van der Waals surface area contributed by atoms with Gasteiger partial charge < -0.3 is 0 Å². The molecule has 136 valence electrons. The lowest BCUT2D eigenvalue weighted by molar-refractivity contribution is -0.115. The van der Waals surface area contributed by atoms with Crippen molar-refractivity contribution < 1.29 is 13.2 Å². The van der Waals surface area contributed by atoms with Gasteiger partial charge in [-0.25, -0.2) is 8.42 Å². The van der Waals surface area contributed by atoms with Crippen molar-refractivity contribution in [2.75, 3.05) is 13.1 Å². The summed E-state index contributed by atoms with van der Waals surface area (Å²) < 4.78 is 27.3. The van der Waals surface area contributed by atoms with E-state index in [0.717, 1.165) is 16.7 Å². The summed E-state index contributed by atoms with van der Waals surface area (Å²) in [4.78, 5) is 12.6. The SMILES string of the molecule is Cc1ccc(S(=O)(=O)N2CC3=C(C#Cc4ccccc4)C(=O)CC3C2)cc1. The summed E-state index contributed by atoms with van der Waals surface area (Å²) in [6, 6.07) is 16.3. The predicted molar refractivity (Wildman–Crippen MR) is 103 cm³/mol. The zero-order chi connectivity index (χ0) is 19.0. The van der Waals surface area contributed by atoms with Crippen molar-refractivity contribution in [1.82, 2.24) is 4.31 Å². The van der Waals surface area contributed by atoms with E-state index in [0.29, 0.717) is 18.5 Å². The lowest BCUT2D eigenvalue weighted by atomic mass is 10.1. The van der Waals surface area contributed by atoms with Crippen molar-refractivity contribution >= 4 is 15.8 Å². The quantitative estimate of drug-likeness (QED) is 0.756. The summed E-state index contributed by atoms with van der Waals surface area (Å²) in [5, 5.41) is 0. The Morgan fingerprint density at radius 1 is 1.00 bits per heavy atom. The average Bonchev–Trinajstić information content (AvgIpc) is 3.19. The van der Waals surface area contributed by atoms with Crippen LogP contribution >= 0.6 is 0 Å². The number of hydrogen-bond acceptors (Lipinski definition) is 3. The number of sulfonamides is 1. The summed E-state index contributed by atoms with van der Waals surface area (Å²) in [6.45, 7) is 2.50. The first-order chi connectivity index (χ1) is 12.9. The molecule has 2 aromatic rings. The number of Topliss-reactive ketones (excluding diaryl/α,β-unsaturated/α-hetero) is 1. The first-order valence-corrected chi connectivity index (χ1v) is 10.3. The standard InChI is InChI=1S/C22H19NO3S/c1-16-7-10-19(11-8-16)27(25,26)23-14-18-13-22(24)20(21(18)15-23)12-9-17-5-3-2-4-6-17/h2-8,10-11,18H,13-15H2,1H3. The molecule has 1 aliphatic heterocycles. The highest BCUT2D eigenvalue weighted by Crippen LogP contribution is 2.37. The van der Waals surface area contributed by atoms with E-state index in [9.17, 15) is 13.2 Å². The summed E-state index contributed by atoms with van der Waals surface area (Å²) in [5.41, 5.74) is 3.20. The third-order valence-electron chi connectivity index (χ3n) is 5.06. The number of carbonyl (C=O) groups is 1. The van der Waals surface area contributed by atoms with Gasteiger partial charge in [-0.05, 0) is 36.8 Å². The van der Waals surface area contributed by atoms with Gasteiger partial charge in [-0.1, -0.05) is 47.7 Å². The summed E-state index contributed by atoms with van der Waals surface area (Å²) in [5.74, 6) is 5.98. The molecule has 1 fully saturated rings. The van der Waals surface area contributed by atoms with Crippen LogP contribution in [-0.4, -0.2) is 31.6 Å². The van der Waals surface area contributed by atoms with Crippen LogP contribution < -0.4 is 0 Å². The molecule has 2 aromatic carbocycles. The van der Waals surface area contributed by atoms with Crippen LogP contribution in [0.2, 0.25) is 0 Å². The van der Waals surface area contributed by atoms with Crippen LogP contribution in [0.4, 0.5) is 0 Å². The van der Waals surface area contributed by atoms with Crippen LogP contribution in [0.3, 0.4) is 0 Å². The van der Waals surface area contributed by atoms with Crippen LogP contribution in [0.25, 0.3) is 0 Å². The molecule has 0 amide bonds. The number of nitrogens with zero attached hydrogens (tertiary/aromatic N) is 1. The maximum Gasteiger partial charge on any atom is 0.243 e. The second-order valence-corrected chi connectivity index (χ2v) is 8.89. The molecule has 1 saturated heterocycles. The Kier molecular flexibility index (Phi) is 4.47. The Morgan fingerprint density at radius 2 is 1.70 bits per heavy atom. The maximum atomic E-state index is 12.9. The van der Waals surface area contributed by atoms with Crippen LogP contribution in [0.5, 0.6) is 0 Å². The fourth-order valence-electron chi connectivity index (χ4n) is 3.56. The number of allylic oxidation sites excluding steroid dienone is 1. The van der Waals surface area contributed by atoms with Crippen molar-refractivity contribution in [2.45, 2.75) is 18.2 Å². The molecule has 0 N–H and O–H groups in total. The van der Waals surface area contributed by atoms with Gasteiger partial charge in [0.15, 0.2) is 5.78 Å². The van der Waals surface area contributed by atoms with Gasteiger partial charge in [0.05, 0.1) is 10.5 Å². The number of rotatable bonds is 2. The lowest BCUT2D eigenvalue weighted by Gasteiger charge is -2.16. The van der Waals surface area contributed by atoms with Crippen LogP contribution in [0.1, 0.15) is 17.5 Å². The lowest BCUT2D eigenvalue weighted by Crippen LogP contribution is -2.29. The van der Waals surface area contributed by atoms with E-state index >= 15 is 0 Å². The largest absolute Gasteiger partial charge is 0.293 e. The van der Waals surface area contributed by atoms with E-state index < -0.39 is 10.0 Å².